The maximum absolute atomic E-state index is 12.1. The molecule has 0 spiro atoms. The smallest absolute Gasteiger partial charge is 0.233 e. The molecule has 0 heterocycles. The van der Waals surface area contributed by atoms with Crippen LogP contribution in [0.15, 0.2) is 48.5 Å². The lowest BCUT2D eigenvalue weighted by molar-refractivity contribution is 0.0817. The normalized spacial score (nSPS) is 10.1. The SMILES string of the molecule is Cc1cc(C)cc(C(=O)C(=O)c2ccccc2)c1. The number of carbonyl (C=O) groups excluding carboxylic acids is 2. The van der Waals surface area contributed by atoms with Crippen LogP contribution in [0.2, 0.25) is 0 Å². The van der Waals surface area contributed by atoms with E-state index in [1.807, 2.05) is 26.0 Å². The highest BCUT2D eigenvalue weighted by molar-refractivity contribution is 6.49. The van der Waals surface area contributed by atoms with E-state index in [1.165, 1.54) is 0 Å². The van der Waals surface area contributed by atoms with E-state index in [2.05, 4.69) is 0 Å². The third-order valence-electron chi connectivity index (χ3n) is 2.73. The number of rotatable bonds is 3. The van der Waals surface area contributed by atoms with Crippen LogP contribution in [0.5, 0.6) is 0 Å². The largest absolute Gasteiger partial charge is 0.285 e. The Morgan fingerprint density at radius 1 is 0.722 bits per heavy atom. The van der Waals surface area contributed by atoms with Crippen LogP contribution in [0.4, 0.5) is 0 Å². The lowest BCUT2D eigenvalue weighted by atomic mass is 9.98. The lowest BCUT2D eigenvalue weighted by Gasteiger charge is -2.03. The predicted molar refractivity (Wildman–Crippen MR) is 71.0 cm³/mol. The van der Waals surface area contributed by atoms with Crippen LogP contribution in [-0.4, -0.2) is 11.6 Å². The zero-order valence-corrected chi connectivity index (χ0v) is 10.4. The van der Waals surface area contributed by atoms with E-state index in [0.717, 1.165) is 11.1 Å². The first kappa shape index (κ1) is 12.2. The van der Waals surface area contributed by atoms with Gasteiger partial charge in [0.2, 0.25) is 11.6 Å². The summed E-state index contributed by atoms with van der Waals surface area (Å²) in [6, 6.07) is 14.1. The second kappa shape index (κ2) is 4.96. The molecule has 0 saturated carbocycles. The molecular formula is C16H14O2. The molecular weight excluding hydrogens is 224 g/mol. The summed E-state index contributed by atoms with van der Waals surface area (Å²) < 4.78 is 0. The van der Waals surface area contributed by atoms with Crippen LogP contribution in [0.3, 0.4) is 0 Å². The summed E-state index contributed by atoms with van der Waals surface area (Å²) in [6.07, 6.45) is 0. The molecule has 0 aliphatic heterocycles. The first-order valence-electron chi connectivity index (χ1n) is 5.80. The van der Waals surface area contributed by atoms with Gasteiger partial charge in [-0.3, -0.25) is 9.59 Å². The van der Waals surface area contributed by atoms with E-state index in [0.29, 0.717) is 11.1 Å². The van der Waals surface area contributed by atoms with Gasteiger partial charge in [0.05, 0.1) is 0 Å². The Morgan fingerprint density at radius 3 is 1.78 bits per heavy atom. The number of hydrogen-bond donors (Lipinski definition) is 0. The van der Waals surface area contributed by atoms with E-state index in [9.17, 15) is 9.59 Å². The van der Waals surface area contributed by atoms with Gasteiger partial charge in [-0.05, 0) is 26.0 Å². The lowest BCUT2D eigenvalue weighted by Crippen LogP contribution is -2.14. The standard InChI is InChI=1S/C16H14O2/c1-11-8-12(2)10-14(9-11)16(18)15(17)13-6-4-3-5-7-13/h3-10H,1-2H3. The minimum Gasteiger partial charge on any atom is -0.285 e. The average molecular weight is 238 g/mol. The third kappa shape index (κ3) is 2.54. The Hall–Kier alpha value is -2.22. The van der Waals surface area contributed by atoms with Gasteiger partial charge >= 0.3 is 0 Å². The second-order valence-corrected chi connectivity index (χ2v) is 4.40. The quantitative estimate of drug-likeness (QED) is 0.607. The van der Waals surface area contributed by atoms with Crippen molar-refractivity contribution < 1.29 is 9.59 Å². The molecule has 0 atom stereocenters. The van der Waals surface area contributed by atoms with Crippen LogP contribution in [-0.2, 0) is 0 Å². The first-order valence-corrected chi connectivity index (χ1v) is 5.80. The summed E-state index contributed by atoms with van der Waals surface area (Å²) in [4.78, 5) is 24.1. The molecule has 0 N–H and O–H groups in total. The number of Topliss-reactive ketones (excluding diaryl/α,β-unsaturated/α-hetero) is 2. The predicted octanol–water partition coefficient (Wildman–Crippen LogP) is 3.37. The number of aryl methyl sites for hydroxylation is 2. The van der Waals surface area contributed by atoms with Crippen molar-refractivity contribution in [1.82, 2.24) is 0 Å². The average Bonchev–Trinajstić information content (AvgIpc) is 2.37. The summed E-state index contributed by atoms with van der Waals surface area (Å²) in [5, 5.41) is 0. The summed E-state index contributed by atoms with van der Waals surface area (Å²) in [5.74, 6) is -0.909. The molecule has 18 heavy (non-hydrogen) atoms. The molecule has 2 nitrogen and oxygen atoms in total. The Labute approximate surface area is 106 Å². The topological polar surface area (TPSA) is 34.1 Å². The van der Waals surface area contributed by atoms with Gasteiger partial charge in [0.25, 0.3) is 0 Å². The minimum atomic E-state index is -0.458. The van der Waals surface area contributed by atoms with Crippen LogP contribution >= 0.6 is 0 Å². The molecule has 0 unspecified atom stereocenters. The number of hydrogen-bond acceptors (Lipinski definition) is 2. The van der Waals surface area contributed by atoms with Gasteiger partial charge in [-0.25, -0.2) is 0 Å². The van der Waals surface area contributed by atoms with Gasteiger partial charge in [-0.1, -0.05) is 47.5 Å². The van der Waals surface area contributed by atoms with Crippen LogP contribution in [0.25, 0.3) is 0 Å². The highest BCUT2D eigenvalue weighted by atomic mass is 16.2. The van der Waals surface area contributed by atoms with Crippen LogP contribution in [0, 0.1) is 13.8 Å². The molecule has 2 rings (SSSR count). The van der Waals surface area contributed by atoms with Crippen LogP contribution in [0.1, 0.15) is 31.8 Å². The van der Waals surface area contributed by atoms with E-state index >= 15 is 0 Å². The highest BCUT2D eigenvalue weighted by Gasteiger charge is 2.18. The van der Waals surface area contributed by atoms with Gasteiger partial charge in [0.15, 0.2) is 0 Å². The van der Waals surface area contributed by atoms with Crippen molar-refractivity contribution >= 4 is 11.6 Å². The number of carbonyl (C=O) groups is 2. The molecule has 0 amide bonds. The summed E-state index contributed by atoms with van der Waals surface area (Å²) >= 11 is 0. The zero-order valence-electron chi connectivity index (χ0n) is 10.4. The molecule has 0 aromatic heterocycles. The van der Waals surface area contributed by atoms with E-state index in [-0.39, 0.29) is 0 Å². The Balaban J connectivity index is 2.35. The molecule has 90 valence electrons. The Kier molecular flexibility index (Phi) is 3.38. The van der Waals surface area contributed by atoms with Gasteiger partial charge < -0.3 is 0 Å². The maximum Gasteiger partial charge on any atom is 0.233 e. The molecule has 0 bridgehead atoms. The van der Waals surface area contributed by atoms with E-state index in [4.69, 9.17) is 0 Å². The van der Waals surface area contributed by atoms with Crippen molar-refractivity contribution in [2.24, 2.45) is 0 Å². The van der Waals surface area contributed by atoms with Gasteiger partial charge in [-0.2, -0.15) is 0 Å². The highest BCUT2D eigenvalue weighted by Crippen LogP contribution is 2.12. The van der Waals surface area contributed by atoms with Gasteiger partial charge in [0, 0.05) is 11.1 Å². The molecule has 0 saturated heterocycles. The summed E-state index contributed by atoms with van der Waals surface area (Å²) in [6.45, 7) is 3.83. The molecule has 2 heteroatoms. The fourth-order valence-corrected chi connectivity index (χ4v) is 1.96. The van der Waals surface area contributed by atoms with Crippen LogP contribution < -0.4 is 0 Å². The molecule has 0 radical (unpaired) electrons. The first-order chi connectivity index (χ1) is 8.58. The van der Waals surface area contributed by atoms with E-state index in [1.54, 1.807) is 36.4 Å². The maximum atomic E-state index is 12.1. The fraction of sp³-hybridized carbons (Fsp3) is 0.125. The monoisotopic (exact) mass is 238 g/mol. The Bertz CT molecular complexity index is 577. The van der Waals surface area contributed by atoms with E-state index < -0.39 is 11.6 Å². The fourth-order valence-electron chi connectivity index (χ4n) is 1.96. The van der Waals surface area contributed by atoms with Gasteiger partial charge in [0.1, 0.15) is 0 Å². The van der Waals surface area contributed by atoms with Gasteiger partial charge in [-0.15, -0.1) is 0 Å². The summed E-state index contributed by atoms with van der Waals surface area (Å²) in [5.41, 5.74) is 2.86. The molecule has 0 aliphatic rings. The Morgan fingerprint density at radius 2 is 1.22 bits per heavy atom. The molecule has 0 fully saturated rings. The van der Waals surface area contributed by atoms with Crippen molar-refractivity contribution in [1.29, 1.82) is 0 Å². The van der Waals surface area contributed by atoms with Crippen molar-refractivity contribution in [2.75, 3.05) is 0 Å². The molecule has 0 aliphatic carbocycles. The summed E-state index contributed by atoms with van der Waals surface area (Å²) in [7, 11) is 0. The van der Waals surface area contributed by atoms with Crippen molar-refractivity contribution in [3.05, 3.63) is 70.8 Å². The second-order valence-electron chi connectivity index (χ2n) is 4.40. The third-order valence-corrected chi connectivity index (χ3v) is 2.73. The van der Waals surface area contributed by atoms with Crippen molar-refractivity contribution in [2.45, 2.75) is 13.8 Å². The number of ketones is 2. The minimum absolute atomic E-state index is 0.432. The zero-order chi connectivity index (χ0) is 13.1. The number of benzene rings is 2. The van der Waals surface area contributed by atoms with Crippen molar-refractivity contribution in [3.8, 4) is 0 Å². The molecule has 2 aromatic rings. The van der Waals surface area contributed by atoms with Crippen molar-refractivity contribution in [3.63, 3.8) is 0 Å². The molecule has 2 aromatic carbocycles.